The van der Waals surface area contributed by atoms with Crippen molar-refractivity contribution in [2.24, 2.45) is 0 Å². The fourth-order valence-electron chi connectivity index (χ4n) is 2.37. The summed E-state index contributed by atoms with van der Waals surface area (Å²) in [5.41, 5.74) is 1.45. The number of amides is 1. The SMILES string of the molecule is Cc1nc(C)c(C(=O)Nc2ccc(N3CCOCC3)nc2)s1. The van der Waals surface area contributed by atoms with Crippen LogP contribution in [0.1, 0.15) is 20.4 Å². The minimum Gasteiger partial charge on any atom is -0.378 e. The molecule has 0 saturated carbocycles. The normalized spacial score (nSPS) is 14.9. The van der Waals surface area contributed by atoms with Gasteiger partial charge < -0.3 is 15.0 Å². The number of anilines is 2. The zero-order valence-electron chi connectivity index (χ0n) is 12.6. The second-order valence-corrected chi connectivity index (χ2v) is 6.31. The van der Waals surface area contributed by atoms with E-state index >= 15 is 0 Å². The molecule has 22 heavy (non-hydrogen) atoms. The highest BCUT2D eigenvalue weighted by Crippen LogP contribution is 2.20. The van der Waals surface area contributed by atoms with Crippen LogP contribution in [0, 0.1) is 13.8 Å². The zero-order chi connectivity index (χ0) is 15.5. The van der Waals surface area contributed by atoms with Gasteiger partial charge in [0.05, 0.1) is 35.8 Å². The first-order valence-corrected chi connectivity index (χ1v) is 7.99. The number of nitrogens with one attached hydrogen (secondary N) is 1. The van der Waals surface area contributed by atoms with Gasteiger partial charge in [0.1, 0.15) is 10.7 Å². The summed E-state index contributed by atoms with van der Waals surface area (Å²) in [6, 6.07) is 3.80. The van der Waals surface area contributed by atoms with Crippen molar-refractivity contribution >= 4 is 28.7 Å². The van der Waals surface area contributed by atoms with E-state index in [0.29, 0.717) is 10.6 Å². The third-order valence-corrected chi connectivity index (χ3v) is 4.52. The number of aromatic nitrogens is 2. The van der Waals surface area contributed by atoms with Gasteiger partial charge >= 0.3 is 0 Å². The first-order valence-electron chi connectivity index (χ1n) is 7.17. The number of morpholine rings is 1. The summed E-state index contributed by atoms with van der Waals surface area (Å²) in [5.74, 6) is 0.773. The molecular formula is C15H18N4O2S. The number of hydrogen-bond acceptors (Lipinski definition) is 6. The van der Waals surface area contributed by atoms with Crippen LogP contribution in [0.5, 0.6) is 0 Å². The van der Waals surface area contributed by atoms with Crippen LogP contribution >= 0.6 is 11.3 Å². The summed E-state index contributed by atoms with van der Waals surface area (Å²) in [7, 11) is 0. The molecule has 6 nitrogen and oxygen atoms in total. The Labute approximate surface area is 133 Å². The quantitative estimate of drug-likeness (QED) is 0.940. The average molecular weight is 318 g/mol. The zero-order valence-corrected chi connectivity index (χ0v) is 13.4. The number of hydrogen-bond donors (Lipinski definition) is 1. The molecule has 1 aliphatic rings. The fourth-order valence-corrected chi connectivity index (χ4v) is 3.18. The Morgan fingerprint density at radius 3 is 2.68 bits per heavy atom. The van der Waals surface area contributed by atoms with Crippen molar-refractivity contribution in [2.75, 3.05) is 36.5 Å². The van der Waals surface area contributed by atoms with Gasteiger partial charge in [0.2, 0.25) is 0 Å². The second-order valence-electron chi connectivity index (χ2n) is 5.11. The Morgan fingerprint density at radius 2 is 2.09 bits per heavy atom. The lowest BCUT2D eigenvalue weighted by Gasteiger charge is -2.27. The molecule has 2 aromatic rings. The van der Waals surface area contributed by atoms with Gasteiger partial charge in [-0.3, -0.25) is 4.79 Å². The van der Waals surface area contributed by atoms with Crippen LogP contribution in [0.25, 0.3) is 0 Å². The van der Waals surface area contributed by atoms with E-state index in [4.69, 9.17) is 4.74 Å². The molecule has 3 rings (SSSR count). The highest BCUT2D eigenvalue weighted by molar-refractivity contribution is 7.13. The molecule has 3 heterocycles. The molecule has 0 spiro atoms. The second kappa shape index (κ2) is 6.41. The first-order chi connectivity index (χ1) is 10.6. The minimum absolute atomic E-state index is 0.135. The van der Waals surface area contributed by atoms with E-state index in [0.717, 1.165) is 42.8 Å². The molecule has 0 unspecified atom stereocenters. The third kappa shape index (κ3) is 3.26. The molecule has 0 bridgehead atoms. The number of rotatable bonds is 3. The van der Waals surface area contributed by atoms with Crippen LogP contribution in [0.2, 0.25) is 0 Å². The summed E-state index contributed by atoms with van der Waals surface area (Å²) in [4.78, 5) is 23.8. The predicted octanol–water partition coefficient (Wildman–Crippen LogP) is 2.24. The molecule has 1 aliphatic heterocycles. The van der Waals surface area contributed by atoms with Crippen molar-refractivity contribution in [3.63, 3.8) is 0 Å². The highest BCUT2D eigenvalue weighted by atomic mass is 32.1. The molecule has 1 saturated heterocycles. The number of aryl methyl sites for hydroxylation is 2. The number of pyridine rings is 1. The van der Waals surface area contributed by atoms with Crippen LogP contribution < -0.4 is 10.2 Å². The van der Waals surface area contributed by atoms with Gasteiger partial charge in [-0.15, -0.1) is 11.3 Å². The van der Waals surface area contributed by atoms with E-state index in [1.165, 1.54) is 11.3 Å². The Balaban J connectivity index is 1.68. The van der Waals surface area contributed by atoms with Crippen LogP contribution in [-0.2, 0) is 4.74 Å². The Morgan fingerprint density at radius 1 is 1.32 bits per heavy atom. The predicted molar refractivity (Wildman–Crippen MR) is 86.8 cm³/mol. The van der Waals surface area contributed by atoms with Crippen molar-refractivity contribution in [1.82, 2.24) is 9.97 Å². The van der Waals surface area contributed by atoms with Gasteiger partial charge in [-0.25, -0.2) is 9.97 Å². The van der Waals surface area contributed by atoms with Gasteiger partial charge in [0.25, 0.3) is 5.91 Å². The molecule has 0 atom stereocenters. The summed E-state index contributed by atoms with van der Waals surface area (Å²) >= 11 is 1.40. The number of nitrogens with zero attached hydrogens (tertiary/aromatic N) is 3. The van der Waals surface area contributed by atoms with Crippen molar-refractivity contribution in [2.45, 2.75) is 13.8 Å². The fraction of sp³-hybridized carbons (Fsp3) is 0.400. The lowest BCUT2D eigenvalue weighted by Crippen LogP contribution is -2.36. The van der Waals surface area contributed by atoms with Crippen molar-refractivity contribution in [3.8, 4) is 0 Å². The monoisotopic (exact) mass is 318 g/mol. The molecule has 7 heteroatoms. The van der Waals surface area contributed by atoms with Crippen LogP contribution in [-0.4, -0.2) is 42.2 Å². The summed E-state index contributed by atoms with van der Waals surface area (Å²) in [5, 5.41) is 3.76. The molecule has 0 radical (unpaired) electrons. The molecule has 116 valence electrons. The van der Waals surface area contributed by atoms with Gasteiger partial charge in [-0.05, 0) is 26.0 Å². The molecule has 0 aliphatic carbocycles. The van der Waals surface area contributed by atoms with Crippen molar-refractivity contribution in [3.05, 3.63) is 33.9 Å². The summed E-state index contributed by atoms with van der Waals surface area (Å²) < 4.78 is 5.33. The molecule has 0 aromatic carbocycles. The van der Waals surface area contributed by atoms with E-state index < -0.39 is 0 Å². The summed E-state index contributed by atoms with van der Waals surface area (Å²) in [6.07, 6.45) is 1.69. The van der Waals surface area contributed by atoms with E-state index in [-0.39, 0.29) is 5.91 Å². The van der Waals surface area contributed by atoms with E-state index in [2.05, 4.69) is 20.2 Å². The topological polar surface area (TPSA) is 67.4 Å². The lowest BCUT2D eigenvalue weighted by molar-refractivity contribution is 0.103. The van der Waals surface area contributed by atoms with Crippen LogP contribution in [0.4, 0.5) is 11.5 Å². The largest absolute Gasteiger partial charge is 0.378 e. The van der Waals surface area contributed by atoms with Gasteiger partial charge in [0, 0.05) is 13.1 Å². The summed E-state index contributed by atoms with van der Waals surface area (Å²) in [6.45, 7) is 6.88. The van der Waals surface area contributed by atoms with Crippen molar-refractivity contribution in [1.29, 1.82) is 0 Å². The highest BCUT2D eigenvalue weighted by Gasteiger charge is 2.15. The van der Waals surface area contributed by atoms with Crippen LogP contribution in [0.15, 0.2) is 18.3 Å². The van der Waals surface area contributed by atoms with Gasteiger partial charge in [-0.1, -0.05) is 0 Å². The number of thiazole rings is 1. The Kier molecular flexibility index (Phi) is 4.35. The van der Waals surface area contributed by atoms with E-state index in [9.17, 15) is 4.79 Å². The lowest BCUT2D eigenvalue weighted by atomic mass is 10.3. The maximum atomic E-state index is 12.2. The smallest absolute Gasteiger partial charge is 0.267 e. The molecule has 1 fully saturated rings. The first kappa shape index (κ1) is 14.9. The maximum absolute atomic E-state index is 12.2. The standard InChI is InChI=1S/C15H18N4O2S/c1-10-14(22-11(2)17-10)15(20)18-12-3-4-13(16-9-12)19-5-7-21-8-6-19/h3-4,9H,5-8H2,1-2H3,(H,18,20). The molecule has 1 N–H and O–H groups in total. The van der Waals surface area contributed by atoms with E-state index in [1.54, 1.807) is 6.20 Å². The maximum Gasteiger partial charge on any atom is 0.267 e. The average Bonchev–Trinajstić information content (AvgIpc) is 2.88. The minimum atomic E-state index is -0.135. The molecular weight excluding hydrogens is 300 g/mol. The van der Waals surface area contributed by atoms with Crippen LogP contribution in [0.3, 0.4) is 0 Å². The third-order valence-electron chi connectivity index (χ3n) is 3.45. The Hall–Kier alpha value is -1.99. The van der Waals surface area contributed by atoms with E-state index in [1.807, 2.05) is 26.0 Å². The Bertz CT molecular complexity index is 663. The van der Waals surface area contributed by atoms with Crippen molar-refractivity contribution < 1.29 is 9.53 Å². The number of ether oxygens (including phenoxy) is 1. The molecule has 1 amide bonds. The number of carbonyl (C=O) groups is 1. The van der Waals surface area contributed by atoms with Gasteiger partial charge in [-0.2, -0.15) is 0 Å². The number of carbonyl (C=O) groups excluding carboxylic acids is 1. The van der Waals surface area contributed by atoms with Gasteiger partial charge in [0.15, 0.2) is 0 Å². The molecule has 2 aromatic heterocycles.